The van der Waals surface area contributed by atoms with Crippen LogP contribution in [0.4, 0.5) is 0 Å². The van der Waals surface area contributed by atoms with E-state index in [0.717, 1.165) is 19.6 Å². The number of carbonyl (C=O) groups excluding carboxylic acids is 1. The van der Waals surface area contributed by atoms with Gasteiger partial charge >= 0.3 is 0 Å². The molecule has 0 saturated carbocycles. The Kier molecular flexibility index (Phi) is 5.34. The van der Waals surface area contributed by atoms with Gasteiger partial charge in [0.2, 0.25) is 0 Å². The van der Waals surface area contributed by atoms with Crippen molar-refractivity contribution in [3.63, 3.8) is 0 Å². The summed E-state index contributed by atoms with van der Waals surface area (Å²) in [7, 11) is 0. The average Bonchev–Trinajstić information content (AvgIpc) is 2.62. The zero-order valence-electron chi connectivity index (χ0n) is 13.0. The van der Waals surface area contributed by atoms with E-state index in [4.69, 9.17) is 4.74 Å². The van der Waals surface area contributed by atoms with Crippen LogP contribution in [0.3, 0.4) is 0 Å². The van der Waals surface area contributed by atoms with E-state index in [9.17, 15) is 4.79 Å². The lowest BCUT2D eigenvalue weighted by molar-refractivity contribution is -0.0292. The molecule has 1 aromatic heterocycles. The van der Waals surface area contributed by atoms with Crippen LogP contribution in [0.1, 0.15) is 16.1 Å². The first-order chi connectivity index (χ1) is 11.3. The lowest BCUT2D eigenvalue weighted by Gasteiger charge is -2.33. The minimum Gasteiger partial charge on any atom is -0.374 e. The predicted octanol–water partition coefficient (Wildman–Crippen LogP) is 1.71. The monoisotopic (exact) mass is 311 g/mol. The standard InChI is InChI=1S/C18H21N3O2/c22-18(17-8-4-5-9-19-17)20-12-16-14-21(10-11-23-16)13-15-6-2-1-3-7-15/h1-9,16H,10-14H2,(H,20,22)/t16-/m0/s1. The molecule has 0 spiro atoms. The minimum atomic E-state index is -0.158. The zero-order valence-corrected chi connectivity index (χ0v) is 13.0. The second-order valence-electron chi connectivity index (χ2n) is 5.64. The summed E-state index contributed by atoms with van der Waals surface area (Å²) in [5, 5.41) is 2.90. The number of rotatable bonds is 5. The molecular weight excluding hydrogens is 290 g/mol. The lowest BCUT2D eigenvalue weighted by Crippen LogP contribution is -2.47. The van der Waals surface area contributed by atoms with E-state index in [-0.39, 0.29) is 12.0 Å². The number of morpholine rings is 1. The molecule has 1 saturated heterocycles. The maximum absolute atomic E-state index is 12.0. The fraction of sp³-hybridized carbons (Fsp3) is 0.333. The second kappa shape index (κ2) is 7.85. The van der Waals surface area contributed by atoms with Gasteiger partial charge < -0.3 is 10.1 Å². The second-order valence-corrected chi connectivity index (χ2v) is 5.64. The highest BCUT2D eigenvalue weighted by Gasteiger charge is 2.21. The fourth-order valence-electron chi connectivity index (χ4n) is 2.68. The quantitative estimate of drug-likeness (QED) is 0.913. The molecule has 1 amide bonds. The van der Waals surface area contributed by atoms with Crippen LogP contribution in [0, 0.1) is 0 Å². The van der Waals surface area contributed by atoms with Crippen LogP contribution in [0.2, 0.25) is 0 Å². The number of nitrogens with zero attached hydrogens (tertiary/aromatic N) is 2. The third-order valence-electron chi connectivity index (χ3n) is 3.86. The molecule has 1 N–H and O–H groups in total. The number of amides is 1. The van der Waals surface area contributed by atoms with Gasteiger partial charge in [-0.3, -0.25) is 14.7 Å². The van der Waals surface area contributed by atoms with Crippen molar-refractivity contribution in [2.75, 3.05) is 26.2 Å². The molecule has 23 heavy (non-hydrogen) atoms. The average molecular weight is 311 g/mol. The number of nitrogens with one attached hydrogen (secondary N) is 1. The summed E-state index contributed by atoms with van der Waals surface area (Å²) in [6.45, 7) is 3.84. The van der Waals surface area contributed by atoms with Crippen molar-refractivity contribution in [2.45, 2.75) is 12.6 Å². The molecule has 5 heteroatoms. The van der Waals surface area contributed by atoms with Gasteiger partial charge in [-0.05, 0) is 17.7 Å². The Hall–Kier alpha value is -2.24. The number of hydrogen-bond donors (Lipinski definition) is 1. The maximum atomic E-state index is 12.0. The van der Waals surface area contributed by atoms with Crippen LogP contribution in [-0.2, 0) is 11.3 Å². The molecule has 3 rings (SSSR count). The van der Waals surface area contributed by atoms with Crippen molar-refractivity contribution in [3.05, 3.63) is 66.0 Å². The van der Waals surface area contributed by atoms with Crippen LogP contribution < -0.4 is 5.32 Å². The molecule has 1 aliphatic heterocycles. The third-order valence-corrected chi connectivity index (χ3v) is 3.86. The number of benzene rings is 1. The molecule has 0 bridgehead atoms. The minimum absolute atomic E-state index is 0.0140. The summed E-state index contributed by atoms with van der Waals surface area (Å²) in [4.78, 5) is 18.4. The SMILES string of the molecule is O=C(NC[C@H]1CN(Cc2ccccc2)CCO1)c1ccccn1. The fourth-order valence-corrected chi connectivity index (χ4v) is 2.68. The first-order valence-corrected chi connectivity index (χ1v) is 7.88. The molecule has 1 aromatic carbocycles. The van der Waals surface area contributed by atoms with Crippen molar-refractivity contribution in [1.29, 1.82) is 0 Å². The van der Waals surface area contributed by atoms with E-state index in [1.54, 1.807) is 24.4 Å². The normalized spacial score (nSPS) is 18.5. The summed E-state index contributed by atoms with van der Waals surface area (Å²) in [5.41, 5.74) is 1.73. The van der Waals surface area contributed by atoms with E-state index in [1.165, 1.54) is 5.56 Å². The summed E-state index contributed by atoms with van der Waals surface area (Å²) in [6.07, 6.45) is 1.63. The number of ether oxygens (including phenoxy) is 1. The Morgan fingerprint density at radius 2 is 2.04 bits per heavy atom. The Labute approximate surface area is 136 Å². The molecule has 2 heterocycles. The zero-order chi connectivity index (χ0) is 15.9. The Balaban J connectivity index is 1.48. The highest BCUT2D eigenvalue weighted by Crippen LogP contribution is 2.10. The van der Waals surface area contributed by atoms with Crippen LogP contribution >= 0.6 is 0 Å². The molecule has 1 aliphatic rings. The first-order valence-electron chi connectivity index (χ1n) is 7.88. The lowest BCUT2D eigenvalue weighted by atomic mass is 10.2. The largest absolute Gasteiger partial charge is 0.374 e. The van der Waals surface area contributed by atoms with Crippen molar-refractivity contribution in [1.82, 2.24) is 15.2 Å². The van der Waals surface area contributed by atoms with Gasteiger partial charge in [0.05, 0.1) is 12.7 Å². The third kappa shape index (κ3) is 4.61. The number of hydrogen-bond acceptors (Lipinski definition) is 4. The van der Waals surface area contributed by atoms with Gasteiger partial charge in [-0.25, -0.2) is 0 Å². The molecule has 2 aromatic rings. The van der Waals surface area contributed by atoms with Gasteiger partial charge in [-0.15, -0.1) is 0 Å². The highest BCUT2D eigenvalue weighted by molar-refractivity contribution is 5.92. The van der Waals surface area contributed by atoms with E-state index >= 15 is 0 Å². The number of pyridine rings is 1. The van der Waals surface area contributed by atoms with Gasteiger partial charge in [0.1, 0.15) is 5.69 Å². The summed E-state index contributed by atoms with van der Waals surface area (Å²) >= 11 is 0. The van der Waals surface area contributed by atoms with Crippen molar-refractivity contribution in [2.24, 2.45) is 0 Å². The first kappa shape index (κ1) is 15.6. The summed E-state index contributed by atoms with van der Waals surface area (Å²) < 4.78 is 5.76. The van der Waals surface area contributed by atoms with Crippen LogP contribution in [0.25, 0.3) is 0 Å². The van der Waals surface area contributed by atoms with Gasteiger partial charge in [0.15, 0.2) is 0 Å². The van der Waals surface area contributed by atoms with Crippen LogP contribution in [0.5, 0.6) is 0 Å². The summed E-state index contributed by atoms with van der Waals surface area (Å²) in [5.74, 6) is -0.158. The molecule has 0 radical (unpaired) electrons. The van der Waals surface area contributed by atoms with Crippen LogP contribution in [0.15, 0.2) is 54.7 Å². The topological polar surface area (TPSA) is 54.5 Å². The molecule has 1 atom stereocenters. The van der Waals surface area contributed by atoms with Crippen molar-refractivity contribution >= 4 is 5.91 Å². The Bertz CT molecular complexity index is 619. The molecule has 5 nitrogen and oxygen atoms in total. The van der Waals surface area contributed by atoms with Crippen LogP contribution in [-0.4, -0.2) is 48.1 Å². The Morgan fingerprint density at radius 1 is 1.22 bits per heavy atom. The summed E-state index contributed by atoms with van der Waals surface area (Å²) in [6, 6.07) is 15.7. The van der Waals surface area contributed by atoms with E-state index in [2.05, 4.69) is 39.5 Å². The van der Waals surface area contributed by atoms with E-state index in [1.807, 2.05) is 6.07 Å². The molecular formula is C18H21N3O2. The molecule has 120 valence electrons. The van der Waals surface area contributed by atoms with E-state index in [0.29, 0.717) is 18.8 Å². The number of aromatic nitrogens is 1. The predicted molar refractivity (Wildman–Crippen MR) is 88.0 cm³/mol. The van der Waals surface area contributed by atoms with Gasteiger partial charge in [-0.1, -0.05) is 36.4 Å². The molecule has 0 unspecified atom stereocenters. The molecule has 1 fully saturated rings. The van der Waals surface area contributed by atoms with Gasteiger partial charge in [-0.2, -0.15) is 0 Å². The smallest absolute Gasteiger partial charge is 0.269 e. The highest BCUT2D eigenvalue weighted by atomic mass is 16.5. The van der Waals surface area contributed by atoms with E-state index < -0.39 is 0 Å². The van der Waals surface area contributed by atoms with Gasteiger partial charge in [0, 0.05) is 32.4 Å². The van der Waals surface area contributed by atoms with Crippen molar-refractivity contribution < 1.29 is 9.53 Å². The maximum Gasteiger partial charge on any atom is 0.269 e. The Morgan fingerprint density at radius 3 is 2.83 bits per heavy atom. The van der Waals surface area contributed by atoms with Gasteiger partial charge in [0.25, 0.3) is 5.91 Å². The molecule has 0 aliphatic carbocycles. The van der Waals surface area contributed by atoms with Crippen molar-refractivity contribution in [3.8, 4) is 0 Å². The number of carbonyl (C=O) groups is 1.